The van der Waals surface area contributed by atoms with E-state index in [2.05, 4.69) is 18.7 Å². The quantitative estimate of drug-likeness (QED) is 0.677. The minimum Gasteiger partial charge on any atom is -0.388 e. The van der Waals surface area contributed by atoms with Crippen LogP contribution in [0, 0.1) is 15.5 Å². The van der Waals surface area contributed by atoms with E-state index in [9.17, 15) is 15.2 Å². The highest BCUT2D eigenvalue weighted by Gasteiger charge is 2.34. The van der Waals surface area contributed by atoms with Crippen LogP contribution in [0.3, 0.4) is 0 Å². The van der Waals surface area contributed by atoms with Gasteiger partial charge in [-0.2, -0.15) is 0 Å². The molecule has 1 aromatic heterocycles. The number of hydrogen-bond acceptors (Lipinski definition) is 5. The first-order chi connectivity index (χ1) is 8.30. The maximum absolute atomic E-state index is 11.1. The first-order valence-electron chi connectivity index (χ1n) is 6.01. The highest BCUT2D eigenvalue weighted by atomic mass is 32.1. The lowest BCUT2D eigenvalue weighted by Gasteiger charge is -2.19. The summed E-state index contributed by atoms with van der Waals surface area (Å²) in [7, 11) is 0. The molecule has 2 heterocycles. The van der Waals surface area contributed by atoms with Crippen LogP contribution in [-0.4, -0.2) is 23.1 Å². The van der Waals surface area contributed by atoms with Gasteiger partial charge in [0.1, 0.15) is 0 Å². The summed E-state index contributed by atoms with van der Waals surface area (Å²) in [6, 6.07) is 1.50. The first kappa shape index (κ1) is 13.3. The number of nitro groups is 1. The largest absolute Gasteiger partial charge is 0.388 e. The molecule has 2 rings (SSSR count). The highest BCUT2D eigenvalue weighted by molar-refractivity contribution is 7.16. The molecule has 0 aromatic carbocycles. The molecule has 18 heavy (non-hydrogen) atoms. The molecule has 1 atom stereocenters. The summed E-state index contributed by atoms with van der Waals surface area (Å²) >= 11 is 1.33. The van der Waals surface area contributed by atoms with Gasteiger partial charge in [-0.1, -0.05) is 13.8 Å². The van der Waals surface area contributed by atoms with Gasteiger partial charge in [0.25, 0.3) is 0 Å². The van der Waals surface area contributed by atoms with E-state index >= 15 is 0 Å². The summed E-state index contributed by atoms with van der Waals surface area (Å²) in [5.74, 6) is 0. The fourth-order valence-electron chi connectivity index (χ4n) is 2.24. The summed E-state index contributed by atoms with van der Waals surface area (Å²) in [6.07, 6.45) is 0.379. The Morgan fingerprint density at radius 2 is 2.28 bits per heavy atom. The van der Waals surface area contributed by atoms with Crippen LogP contribution in [-0.2, 0) is 0 Å². The van der Waals surface area contributed by atoms with E-state index in [1.165, 1.54) is 17.4 Å². The summed E-state index contributed by atoms with van der Waals surface area (Å²) in [5, 5.41) is 21.3. The Balaban J connectivity index is 2.35. The van der Waals surface area contributed by atoms with Crippen LogP contribution in [0.15, 0.2) is 6.07 Å². The predicted molar refractivity (Wildman–Crippen MR) is 72.2 cm³/mol. The second-order valence-electron chi connectivity index (χ2n) is 5.61. The van der Waals surface area contributed by atoms with Gasteiger partial charge in [-0.25, -0.2) is 0 Å². The molecule has 1 N–H and O–H groups in total. The third-order valence-electron chi connectivity index (χ3n) is 3.29. The third kappa shape index (κ3) is 2.49. The molecule has 1 fully saturated rings. The van der Waals surface area contributed by atoms with Crippen molar-refractivity contribution >= 4 is 22.0 Å². The summed E-state index contributed by atoms with van der Waals surface area (Å²) in [4.78, 5) is 13.4. The van der Waals surface area contributed by atoms with E-state index in [1.54, 1.807) is 6.92 Å². The predicted octanol–water partition coefficient (Wildman–Crippen LogP) is 2.95. The van der Waals surface area contributed by atoms with Crippen LogP contribution in [0.25, 0.3) is 0 Å². The molecule has 1 aliphatic rings. The standard InChI is InChI=1S/C12H18N2O3S/c1-8(15)10-6-9(14(16)17)11(18-10)13-5-4-12(2,3)7-13/h6,8,15H,4-5,7H2,1-3H3/t8-/m1/s1. The van der Waals surface area contributed by atoms with Gasteiger partial charge in [0.2, 0.25) is 0 Å². The number of thiophene rings is 1. The highest BCUT2D eigenvalue weighted by Crippen LogP contribution is 2.43. The lowest BCUT2D eigenvalue weighted by atomic mass is 9.93. The normalized spacial score (nSPS) is 20.1. The molecule has 1 saturated heterocycles. The fourth-order valence-corrected chi connectivity index (χ4v) is 3.33. The zero-order valence-electron chi connectivity index (χ0n) is 10.8. The number of hydrogen-bond donors (Lipinski definition) is 1. The molecule has 0 amide bonds. The molecule has 1 aromatic rings. The molecule has 1 aliphatic heterocycles. The Kier molecular flexibility index (Phi) is 3.33. The Labute approximate surface area is 110 Å². The second kappa shape index (κ2) is 4.51. The van der Waals surface area contributed by atoms with E-state index in [4.69, 9.17) is 0 Å². The lowest BCUT2D eigenvalue weighted by molar-refractivity contribution is -0.383. The monoisotopic (exact) mass is 270 g/mol. The summed E-state index contributed by atoms with van der Waals surface area (Å²) in [6.45, 7) is 7.64. The van der Waals surface area contributed by atoms with Gasteiger partial charge in [0.05, 0.1) is 11.0 Å². The van der Waals surface area contributed by atoms with Crippen molar-refractivity contribution in [2.45, 2.75) is 33.3 Å². The number of anilines is 1. The van der Waals surface area contributed by atoms with Gasteiger partial charge in [-0.05, 0) is 18.8 Å². The van der Waals surface area contributed by atoms with Crippen molar-refractivity contribution in [1.29, 1.82) is 0 Å². The molecule has 6 heteroatoms. The molecule has 100 valence electrons. The van der Waals surface area contributed by atoms with Gasteiger partial charge in [-0.3, -0.25) is 10.1 Å². The van der Waals surface area contributed by atoms with Crippen molar-refractivity contribution in [3.8, 4) is 0 Å². The van der Waals surface area contributed by atoms with E-state index < -0.39 is 6.10 Å². The molecular weight excluding hydrogens is 252 g/mol. The van der Waals surface area contributed by atoms with Crippen molar-refractivity contribution in [2.24, 2.45) is 5.41 Å². The minimum absolute atomic E-state index is 0.119. The molecule has 0 unspecified atom stereocenters. The van der Waals surface area contributed by atoms with Crippen molar-refractivity contribution < 1.29 is 10.0 Å². The second-order valence-corrected chi connectivity index (χ2v) is 6.67. The Hall–Kier alpha value is -1.14. The zero-order chi connectivity index (χ0) is 13.5. The van der Waals surface area contributed by atoms with Crippen LogP contribution in [0.5, 0.6) is 0 Å². The van der Waals surface area contributed by atoms with Gasteiger partial charge < -0.3 is 10.0 Å². The smallest absolute Gasteiger partial charge is 0.304 e. The van der Waals surface area contributed by atoms with Crippen LogP contribution in [0.4, 0.5) is 10.7 Å². The molecular formula is C12H18N2O3S. The number of aliphatic hydroxyl groups excluding tert-OH is 1. The number of rotatable bonds is 3. The van der Waals surface area contributed by atoms with Gasteiger partial charge in [-0.15, -0.1) is 11.3 Å². The van der Waals surface area contributed by atoms with Crippen molar-refractivity contribution in [3.63, 3.8) is 0 Å². The number of aliphatic hydroxyl groups is 1. The summed E-state index contributed by atoms with van der Waals surface area (Å²) in [5.41, 5.74) is 0.316. The van der Waals surface area contributed by atoms with E-state index in [0.29, 0.717) is 9.88 Å². The molecule has 0 aliphatic carbocycles. The Morgan fingerprint density at radius 3 is 2.72 bits per heavy atom. The SMILES string of the molecule is C[C@@H](O)c1cc([N+](=O)[O-])c(N2CCC(C)(C)C2)s1. The van der Waals surface area contributed by atoms with Crippen LogP contribution in [0.1, 0.15) is 38.2 Å². The zero-order valence-corrected chi connectivity index (χ0v) is 11.7. The maximum Gasteiger partial charge on any atom is 0.304 e. The van der Waals surface area contributed by atoms with Crippen LogP contribution >= 0.6 is 11.3 Å². The lowest BCUT2D eigenvalue weighted by Crippen LogP contribution is -2.22. The molecule has 0 bridgehead atoms. The van der Waals surface area contributed by atoms with Gasteiger partial charge in [0, 0.05) is 24.0 Å². The van der Waals surface area contributed by atoms with Gasteiger partial charge >= 0.3 is 5.69 Å². The first-order valence-corrected chi connectivity index (χ1v) is 6.83. The molecule has 0 radical (unpaired) electrons. The van der Waals surface area contributed by atoms with E-state index in [0.717, 1.165) is 19.5 Å². The van der Waals surface area contributed by atoms with Crippen molar-refractivity contribution in [2.75, 3.05) is 18.0 Å². The molecule has 0 spiro atoms. The Morgan fingerprint density at radius 1 is 1.61 bits per heavy atom. The topological polar surface area (TPSA) is 66.6 Å². The van der Waals surface area contributed by atoms with E-state index in [1.807, 2.05) is 0 Å². The average molecular weight is 270 g/mol. The third-order valence-corrected chi connectivity index (χ3v) is 4.64. The van der Waals surface area contributed by atoms with Crippen LogP contribution < -0.4 is 4.90 Å². The van der Waals surface area contributed by atoms with Crippen molar-refractivity contribution in [3.05, 3.63) is 21.1 Å². The minimum atomic E-state index is -0.655. The Bertz CT molecular complexity index is 468. The average Bonchev–Trinajstić information content (AvgIpc) is 2.80. The van der Waals surface area contributed by atoms with Crippen molar-refractivity contribution in [1.82, 2.24) is 0 Å². The van der Waals surface area contributed by atoms with Crippen LogP contribution in [0.2, 0.25) is 0 Å². The molecule has 0 saturated carbocycles. The maximum atomic E-state index is 11.1. The summed E-state index contributed by atoms with van der Waals surface area (Å²) < 4.78 is 0. The molecule has 5 nitrogen and oxygen atoms in total. The van der Waals surface area contributed by atoms with Gasteiger partial charge in [0.15, 0.2) is 5.00 Å². The fraction of sp³-hybridized carbons (Fsp3) is 0.667. The van der Waals surface area contributed by atoms with E-state index in [-0.39, 0.29) is 16.0 Å². The number of nitrogens with zero attached hydrogens (tertiary/aromatic N) is 2.